The number of nitrogens with two attached hydrogens (primary N) is 1. The SMILES string of the molecule is CC1(C(=O)NCC2CCCC2N)CCCO1. The Bertz CT molecular complexity index is 262. The number of rotatable bonds is 3. The third-order valence-corrected chi connectivity index (χ3v) is 3.94. The minimum Gasteiger partial charge on any atom is -0.365 e. The van der Waals surface area contributed by atoms with Gasteiger partial charge in [-0.05, 0) is 38.5 Å². The van der Waals surface area contributed by atoms with Crippen molar-refractivity contribution in [3.8, 4) is 0 Å². The second-order valence-corrected chi connectivity index (χ2v) is 5.25. The van der Waals surface area contributed by atoms with Crippen molar-refractivity contribution in [3.05, 3.63) is 0 Å². The Kier molecular flexibility index (Phi) is 3.50. The lowest BCUT2D eigenvalue weighted by Crippen LogP contribution is -2.46. The summed E-state index contributed by atoms with van der Waals surface area (Å²) >= 11 is 0. The number of hydrogen-bond donors (Lipinski definition) is 2. The van der Waals surface area contributed by atoms with Crippen LogP contribution in [-0.4, -0.2) is 30.7 Å². The monoisotopic (exact) mass is 226 g/mol. The van der Waals surface area contributed by atoms with E-state index in [0.717, 1.165) is 25.7 Å². The van der Waals surface area contributed by atoms with Gasteiger partial charge in [-0.3, -0.25) is 4.79 Å². The topological polar surface area (TPSA) is 64.4 Å². The van der Waals surface area contributed by atoms with Crippen LogP contribution in [0.4, 0.5) is 0 Å². The van der Waals surface area contributed by atoms with E-state index in [2.05, 4.69) is 5.32 Å². The minimum atomic E-state index is -0.595. The molecular weight excluding hydrogens is 204 g/mol. The van der Waals surface area contributed by atoms with Crippen molar-refractivity contribution in [2.75, 3.05) is 13.2 Å². The zero-order chi connectivity index (χ0) is 11.6. The molecule has 1 amide bonds. The first kappa shape index (κ1) is 11.9. The van der Waals surface area contributed by atoms with Crippen molar-refractivity contribution < 1.29 is 9.53 Å². The lowest BCUT2D eigenvalue weighted by atomic mass is 10.0. The smallest absolute Gasteiger partial charge is 0.251 e. The van der Waals surface area contributed by atoms with Crippen molar-refractivity contribution >= 4 is 5.91 Å². The van der Waals surface area contributed by atoms with Crippen molar-refractivity contribution in [2.45, 2.75) is 50.7 Å². The Balaban J connectivity index is 1.79. The molecule has 4 nitrogen and oxygen atoms in total. The summed E-state index contributed by atoms with van der Waals surface area (Å²) in [4.78, 5) is 12.0. The van der Waals surface area contributed by atoms with Crippen LogP contribution in [-0.2, 0) is 9.53 Å². The highest BCUT2D eigenvalue weighted by molar-refractivity contribution is 5.85. The predicted molar refractivity (Wildman–Crippen MR) is 61.9 cm³/mol. The van der Waals surface area contributed by atoms with Crippen LogP contribution >= 0.6 is 0 Å². The summed E-state index contributed by atoms with van der Waals surface area (Å²) in [7, 11) is 0. The van der Waals surface area contributed by atoms with Gasteiger partial charge in [0, 0.05) is 19.2 Å². The summed E-state index contributed by atoms with van der Waals surface area (Å²) in [6.45, 7) is 3.29. The van der Waals surface area contributed by atoms with Gasteiger partial charge < -0.3 is 15.8 Å². The first-order chi connectivity index (χ1) is 7.62. The number of carbonyl (C=O) groups excluding carboxylic acids is 1. The molecule has 1 saturated heterocycles. The fraction of sp³-hybridized carbons (Fsp3) is 0.917. The molecule has 3 atom stereocenters. The van der Waals surface area contributed by atoms with Gasteiger partial charge in [0.25, 0.3) is 5.91 Å². The molecule has 2 rings (SSSR count). The molecule has 1 saturated carbocycles. The van der Waals surface area contributed by atoms with Gasteiger partial charge in [0.05, 0.1) is 0 Å². The first-order valence-corrected chi connectivity index (χ1v) is 6.30. The van der Waals surface area contributed by atoms with E-state index < -0.39 is 5.60 Å². The molecule has 0 aromatic carbocycles. The Morgan fingerprint density at radius 2 is 2.31 bits per heavy atom. The number of ether oxygens (including phenoxy) is 1. The molecule has 2 aliphatic rings. The van der Waals surface area contributed by atoms with Gasteiger partial charge in [-0.1, -0.05) is 6.42 Å². The van der Waals surface area contributed by atoms with Crippen LogP contribution in [0.2, 0.25) is 0 Å². The van der Waals surface area contributed by atoms with Crippen LogP contribution in [0.5, 0.6) is 0 Å². The number of carbonyl (C=O) groups is 1. The van der Waals surface area contributed by atoms with Gasteiger partial charge in [0.1, 0.15) is 5.60 Å². The molecule has 0 radical (unpaired) electrons. The molecule has 92 valence electrons. The lowest BCUT2D eigenvalue weighted by Gasteiger charge is -2.24. The summed E-state index contributed by atoms with van der Waals surface area (Å²) in [6, 6.07) is 0.262. The van der Waals surface area contributed by atoms with Crippen LogP contribution in [0.15, 0.2) is 0 Å². The third kappa shape index (κ3) is 2.38. The molecule has 1 heterocycles. The van der Waals surface area contributed by atoms with Crippen LogP contribution < -0.4 is 11.1 Å². The van der Waals surface area contributed by atoms with Crippen molar-refractivity contribution in [1.82, 2.24) is 5.32 Å². The molecule has 2 fully saturated rings. The molecule has 3 unspecified atom stereocenters. The summed E-state index contributed by atoms with van der Waals surface area (Å²) in [5.41, 5.74) is 5.37. The Hall–Kier alpha value is -0.610. The molecular formula is C12H22N2O2. The standard InChI is InChI=1S/C12H22N2O2/c1-12(6-3-7-16-12)11(15)14-8-9-4-2-5-10(9)13/h9-10H,2-8,13H2,1H3,(H,14,15). The van der Waals surface area contributed by atoms with Crippen LogP contribution in [0.3, 0.4) is 0 Å². The highest BCUT2D eigenvalue weighted by Gasteiger charge is 2.38. The zero-order valence-electron chi connectivity index (χ0n) is 10.00. The molecule has 0 spiro atoms. The maximum atomic E-state index is 12.0. The van der Waals surface area contributed by atoms with Gasteiger partial charge in [0.2, 0.25) is 0 Å². The van der Waals surface area contributed by atoms with E-state index in [1.165, 1.54) is 6.42 Å². The quantitative estimate of drug-likeness (QED) is 0.748. The van der Waals surface area contributed by atoms with Gasteiger partial charge in [-0.25, -0.2) is 0 Å². The van der Waals surface area contributed by atoms with Gasteiger partial charge in [-0.15, -0.1) is 0 Å². The lowest BCUT2D eigenvalue weighted by molar-refractivity contribution is -0.139. The van der Waals surface area contributed by atoms with E-state index in [9.17, 15) is 4.79 Å². The van der Waals surface area contributed by atoms with E-state index >= 15 is 0 Å². The average Bonchev–Trinajstić information content (AvgIpc) is 2.85. The van der Waals surface area contributed by atoms with Crippen LogP contribution in [0.25, 0.3) is 0 Å². The summed E-state index contributed by atoms with van der Waals surface area (Å²) < 4.78 is 5.50. The van der Waals surface area contributed by atoms with E-state index in [4.69, 9.17) is 10.5 Å². The molecule has 0 bridgehead atoms. The number of amides is 1. The second-order valence-electron chi connectivity index (χ2n) is 5.25. The summed E-state index contributed by atoms with van der Waals surface area (Å²) in [6.07, 6.45) is 5.23. The predicted octanol–water partition coefficient (Wildman–Crippen LogP) is 0.799. The molecule has 1 aliphatic heterocycles. The van der Waals surface area contributed by atoms with Crippen molar-refractivity contribution in [3.63, 3.8) is 0 Å². The van der Waals surface area contributed by atoms with Crippen molar-refractivity contribution in [1.29, 1.82) is 0 Å². The Labute approximate surface area is 96.9 Å². The first-order valence-electron chi connectivity index (χ1n) is 6.30. The van der Waals surface area contributed by atoms with Crippen LogP contribution in [0, 0.1) is 5.92 Å². The summed E-state index contributed by atoms with van der Waals surface area (Å²) in [5.74, 6) is 0.484. The van der Waals surface area contributed by atoms with E-state index in [0.29, 0.717) is 19.1 Å². The van der Waals surface area contributed by atoms with Gasteiger partial charge >= 0.3 is 0 Å². The molecule has 1 aliphatic carbocycles. The fourth-order valence-corrected chi connectivity index (χ4v) is 2.69. The Morgan fingerprint density at radius 1 is 1.50 bits per heavy atom. The average molecular weight is 226 g/mol. The Morgan fingerprint density at radius 3 is 2.88 bits per heavy atom. The molecule has 0 aromatic heterocycles. The van der Waals surface area contributed by atoms with Crippen molar-refractivity contribution in [2.24, 2.45) is 11.7 Å². The van der Waals surface area contributed by atoms with Gasteiger partial charge in [-0.2, -0.15) is 0 Å². The molecule has 4 heteroatoms. The zero-order valence-corrected chi connectivity index (χ0v) is 10.00. The molecule has 0 aromatic rings. The van der Waals surface area contributed by atoms with E-state index in [-0.39, 0.29) is 11.9 Å². The molecule has 16 heavy (non-hydrogen) atoms. The minimum absolute atomic E-state index is 0.0316. The van der Waals surface area contributed by atoms with Gasteiger partial charge in [0.15, 0.2) is 0 Å². The highest BCUT2D eigenvalue weighted by atomic mass is 16.5. The number of hydrogen-bond acceptors (Lipinski definition) is 3. The normalized spacial score (nSPS) is 38.9. The maximum Gasteiger partial charge on any atom is 0.251 e. The van der Waals surface area contributed by atoms with Crippen LogP contribution in [0.1, 0.15) is 39.0 Å². The second kappa shape index (κ2) is 4.72. The third-order valence-electron chi connectivity index (χ3n) is 3.94. The van der Waals surface area contributed by atoms with E-state index in [1.807, 2.05) is 6.92 Å². The summed E-state index contributed by atoms with van der Waals surface area (Å²) in [5, 5.41) is 2.99. The highest BCUT2D eigenvalue weighted by Crippen LogP contribution is 2.26. The fourth-order valence-electron chi connectivity index (χ4n) is 2.69. The largest absolute Gasteiger partial charge is 0.365 e. The maximum absolute atomic E-state index is 12.0. The number of nitrogens with one attached hydrogen (secondary N) is 1. The molecule has 3 N–H and O–H groups in total. The van der Waals surface area contributed by atoms with E-state index in [1.54, 1.807) is 0 Å².